The van der Waals surface area contributed by atoms with Crippen LogP contribution in [0.5, 0.6) is 0 Å². The highest BCUT2D eigenvalue weighted by molar-refractivity contribution is 5.62. The molecule has 86 valence electrons. The summed E-state index contributed by atoms with van der Waals surface area (Å²) < 4.78 is 0. The number of benzene rings is 2. The van der Waals surface area contributed by atoms with Crippen molar-refractivity contribution in [1.29, 1.82) is 0 Å². The van der Waals surface area contributed by atoms with E-state index < -0.39 is 0 Å². The van der Waals surface area contributed by atoms with Crippen LogP contribution in [-0.4, -0.2) is 0 Å². The molecule has 0 nitrogen and oxygen atoms in total. The maximum Gasteiger partial charge on any atom is -0.0184 e. The summed E-state index contributed by atoms with van der Waals surface area (Å²) in [6, 6.07) is 20.8. The van der Waals surface area contributed by atoms with E-state index in [1.54, 1.807) is 0 Å². The van der Waals surface area contributed by atoms with Gasteiger partial charge in [0.2, 0.25) is 0 Å². The molecule has 0 heteroatoms. The molecule has 0 saturated heterocycles. The first-order valence-electron chi connectivity index (χ1n) is 6.13. The monoisotopic (exact) mass is 222 g/mol. The molecule has 1 aliphatic rings. The van der Waals surface area contributed by atoms with Crippen molar-refractivity contribution in [3.05, 3.63) is 72.8 Å². The van der Waals surface area contributed by atoms with Gasteiger partial charge in [0.15, 0.2) is 0 Å². The largest absolute Gasteiger partial charge is 0.0999 e. The van der Waals surface area contributed by atoms with Crippen LogP contribution in [0.1, 0.15) is 19.3 Å². The summed E-state index contributed by atoms with van der Waals surface area (Å²) in [7, 11) is 0. The molecule has 0 heterocycles. The zero-order chi connectivity index (χ0) is 11.9. The van der Waals surface area contributed by atoms with E-state index in [0.29, 0.717) is 0 Å². The lowest BCUT2D eigenvalue weighted by molar-refractivity contribution is 0.667. The van der Waals surface area contributed by atoms with Crippen LogP contribution >= 0.6 is 0 Å². The minimum Gasteiger partial charge on any atom is -0.0999 e. The summed E-state index contributed by atoms with van der Waals surface area (Å²) in [6.45, 7) is 3.76. The van der Waals surface area contributed by atoms with Gasteiger partial charge in [0.25, 0.3) is 0 Å². The average Bonchev–Trinajstić information content (AvgIpc) is 2.39. The molecule has 2 aromatic rings. The minimum atomic E-state index is 1.28. The van der Waals surface area contributed by atoms with Gasteiger partial charge in [0.05, 0.1) is 0 Å². The van der Waals surface area contributed by atoms with E-state index >= 15 is 0 Å². The van der Waals surface area contributed by atoms with Gasteiger partial charge in [-0.25, -0.2) is 0 Å². The molecule has 0 atom stereocenters. The van der Waals surface area contributed by atoms with E-state index in [1.165, 1.54) is 36.0 Å². The maximum atomic E-state index is 3.76. The molecule has 0 bridgehead atoms. The summed E-state index contributed by atoms with van der Waals surface area (Å²) in [5.41, 5.74) is 3.99. The van der Waals surface area contributed by atoms with Crippen LogP contribution in [-0.2, 0) is 0 Å². The molecule has 0 spiro atoms. The SMILES string of the molecule is C=C1CCC1.c1ccc(-c2ccccc2)cc1. The van der Waals surface area contributed by atoms with Gasteiger partial charge in [-0.05, 0) is 30.4 Å². The average molecular weight is 222 g/mol. The predicted octanol–water partition coefficient (Wildman–Crippen LogP) is 5.08. The van der Waals surface area contributed by atoms with Crippen LogP contribution in [0.15, 0.2) is 72.8 Å². The standard InChI is InChI=1S/C12H10.C5H8/c1-3-7-11(8-4-1)12-9-5-2-6-10-12;1-5-3-2-4-5/h1-10H;1-4H2. The first-order valence-corrected chi connectivity index (χ1v) is 6.13. The molecule has 0 amide bonds. The van der Waals surface area contributed by atoms with Crippen molar-refractivity contribution in [1.82, 2.24) is 0 Å². The minimum absolute atomic E-state index is 1.28. The Labute approximate surface area is 104 Å². The lowest BCUT2D eigenvalue weighted by atomic mass is 9.95. The normalized spacial score (nSPS) is 13.3. The number of hydrogen-bond donors (Lipinski definition) is 0. The zero-order valence-corrected chi connectivity index (χ0v) is 10.1. The van der Waals surface area contributed by atoms with Crippen LogP contribution < -0.4 is 0 Å². The summed E-state index contributed by atoms with van der Waals surface area (Å²) >= 11 is 0. The van der Waals surface area contributed by atoms with Crippen molar-refractivity contribution < 1.29 is 0 Å². The molecule has 1 saturated carbocycles. The van der Waals surface area contributed by atoms with E-state index in [4.69, 9.17) is 0 Å². The molecule has 1 fully saturated rings. The second-order valence-corrected chi connectivity index (χ2v) is 4.34. The molecule has 2 aromatic carbocycles. The fourth-order valence-electron chi connectivity index (χ4n) is 1.69. The van der Waals surface area contributed by atoms with Gasteiger partial charge in [0.1, 0.15) is 0 Å². The van der Waals surface area contributed by atoms with Crippen LogP contribution in [0.3, 0.4) is 0 Å². The fraction of sp³-hybridized carbons (Fsp3) is 0.176. The van der Waals surface area contributed by atoms with E-state index in [-0.39, 0.29) is 0 Å². The van der Waals surface area contributed by atoms with Gasteiger partial charge in [-0.1, -0.05) is 72.8 Å². The fourth-order valence-corrected chi connectivity index (χ4v) is 1.69. The van der Waals surface area contributed by atoms with E-state index in [1.807, 2.05) is 12.1 Å². The summed E-state index contributed by atoms with van der Waals surface area (Å²) in [6.07, 6.45) is 3.97. The van der Waals surface area contributed by atoms with E-state index in [9.17, 15) is 0 Å². The number of rotatable bonds is 1. The van der Waals surface area contributed by atoms with Crippen molar-refractivity contribution in [2.24, 2.45) is 0 Å². The van der Waals surface area contributed by atoms with Gasteiger partial charge >= 0.3 is 0 Å². The second kappa shape index (κ2) is 6.05. The Morgan fingerprint density at radius 3 is 1.24 bits per heavy atom. The lowest BCUT2D eigenvalue weighted by Gasteiger charge is -2.11. The summed E-state index contributed by atoms with van der Waals surface area (Å²) in [4.78, 5) is 0. The topological polar surface area (TPSA) is 0 Å². The van der Waals surface area contributed by atoms with Crippen LogP contribution in [0.2, 0.25) is 0 Å². The highest BCUT2D eigenvalue weighted by Gasteiger charge is 2.02. The Morgan fingerprint density at radius 2 is 1.00 bits per heavy atom. The maximum absolute atomic E-state index is 3.76. The second-order valence-electron chi connectivity index (χ2n) is 4.34. The molecule has 17 heavy (non-hydrogen) atoms. The zero-order valence-electron chi connectivity index (χ0n) is 10.1. The molecule has 0 aliphatic heterocycles. The first kappa shape index (κ1) is 11.7. The third-order valence-electron chi connectivity index (χ3n) is 2.94. The van der Waals surface area contributed by atoms with Crippen molar-refractivity contribution >= 4 is 0 Å². The molecule has 0 aromatic heterocycles. The Balaban J connectivity index is 0.000000181. The Hall–Kier alpha value is -1.82. The van der Waals surface area contributed by atoms with Crippen molar-refractivity contribution in [3.63, 3.8) is 0 Å². The third kappa shape index (κ3) is 3.60. The molecule has 0 radical (unpaired) electrons. The van der Waals surface area contributed by atoms with Crippen LogP contribution in [0.25, 0.3) is 11.1 Å². The first-order chi connectivity index (χ1) is 8.36. The van der Waals surface area contributed by atoms with Crippen LogP contribution in [0, 0.1) is 0 Å². The van der Waals surface area contributed by atoms with Gasteiger partial charge in [-0.3, -0.25) is 0 Å². The summed E-state index contributed by atoms with van der Waals surface area (Å²) in [5.74, 6) is 0. The Bertz CT molecular complexity index is 410. The van der Waals surface area contributed by atoms with Crippen molar-refractivity contribution in [2.45, 2.75) is 19.3 Å². The highest BCUT2D eigenvalue weighted by atomic mass is 14.1. The molecule has 3 rings (SSSR count). The molecular formula is C17H18. The van der Waals surface area contributed by atoms with Gasteiger partial charge in [0, 0.05) is 0 Å². The smallest absolute Gasteiger partial charge is 0.0184 e. The third-order valence-corrected chi connectivity index (χ3v) is 2.94. The van der Waals surface area contributed by atoms with Crippen molar-refractivity contribution in [3.8, 4) is 11.1 Å². The highest BCUT2D eigenvalue weighted by Crippen LogP contribution is 2.22. The van der Waals surface area contributed by atoms with Gasteiger partial charge in [-0.2, -0.15) is 0 Å². The number of allylic oxidation sites excluding steroid dienone is 1. The van der Waals surface area contributed by atoms with E-state index in [0.717, 1.165) is 0 Å². The Kier molecular flexibility index (Phi) is 4.15. The van der Waals surface area contributed by atoms with Gasteiger partial charge in [-0.15, -0.1) is 0 Å². The molecular weight excluding hydrogens is 204 g/mol. The van der Waals surface area contributed by atoms with Crippen molar-refractivity contribution in [2.75, 3.05) is 0 Å². The quantitative estimate of drug-likeness (QED) is 0.590. The van der Waals surface area contributed by atoms with Crippen LogP contribution in [0.4, 0.5) is 0 Å². The Morgan fingerprint density at radius 1 is 0.647 bits per heavy atom. The molecule has 0 unspecified atom stereocenters. The lowest BCUT2D eigenvalue weighted by Crippen LogP contribution is -1.92. The van der Waals surface area contributed by atoms with E-state index in [2.05, 4.69) is 55.1 Å². The predicted molar refractivity (Wildman–Crippen MR) is 74.9 cm³/mol. The number of hydrogen-bond acceptors (Lipinski definition) is 0. The molecule has 1 aliphatic carbocycles. The molecule has 0 N–H and O–H groups in total. The van der Waals surface area contributed by atoms with Gasteiger partial charge < -0.3 is 0 Å². The summed E-state index contributed by atoms with van der Waals surface area (Å²) in [5, 5.41) is 0.